The summed E-state index contributed by atoms with van der Waals surface area (Å²) in [6.45, 7) is 2.71. The SMILES string of the molecule is c1cnc2c3c(ccc2c1)CN1Cc2ccc4cccnc4c2B3c2c(ccc3cccnc23)C1. The largest absolute Gasteiger partial charge is 0.291 e. The van der Waals surface area contributed by atoms with Gasteiger partial charge in [-0.05, 0) is 67.4 Å². The Kier molecular flexibility index (Phi) is 3.96. The van der Waals surface area contributed by atoms with E-state index in [1.54, 1.807) is 0 Å². The summed E-state index contributed by atoms with van der Waals surface area (Å²) in [7, 11) is 0. The summed E-state index contributed by atoms with van der Waals surface area (Å²) < 4.78 is 0. The van der Waals surface area contributed by atoms with Gasteiger partial charge in [0.25, 0.3) is 6.71 Å². The molecule has 2 bridgehead atoms. The van der Waals surface area contributed by atoms with Gasteiger partial charge in [0.1, 0.15) is 0 Å². The Hall–Kier alpha value is -4.09. The molecule has 0 aliphatic carbocycles. The predicted molar refractivity (Wildman–Crippen MR) is 143 cm³/mol. The van der Waals surface area contributed by atoms with Crippen LogP contribution >= 0.6 is 0 Å². The van der Waals surface area contributed by atoms with Crippen LogP contribution in [0.3, 0.4) is 0 Å². The van der Waals surface area contributed by atoms with Crippen LogP contribution in [0.15, 0.2) is 91.4 Å². The number of aromatic nitrogens is 3. The van der Waals surface area contributed by atoms with Gasteiger partial charge < -0.3 is 0 Å². The second-order valence-corrected chi connectivity index (χ2v) is 9.72. The van der Waals surface area contributed by atoms with Crippen molar-refractivity contribution in [2.24, 2.45) is 0 Å². The topological polar surface area (TPSA) is 41.9 Å². The molecule has 0 saturated heterocycles. The van der Waals surface area contributed by atoms with Crippen molar-refractivity contribution in [3.8, 4) is 0 Å². The van der Waals surface area contributed by atoms with Crippen molar-refractivity contribution in [2.75, 3.05) is 0 Å². The van der Waals surface area contributed by atoms with E-state index < -0.39 is 0 Å². The van der Waals surface area contributed by atoms with Crippen LogP contribution in [-0.4, -0.2) is 26.6 Å². The van der Waals surface area contributed by atoms with Crippen LogP contribution in [-0.2, 0) is 19.6 Å². The first-order valence-corrected chi connectivity index (χ1v) is 12.2. The van der Waals surface area contributed by atoms with Crippen molar-refractivity contribution in [1.82, 2.24) is 19.9 Å². The molecular weight excluding hydrogens is 427 g/mol. The summed E-state index contributed by atoms with van der Waals surface area (Å²) in [6.07, 6.45) is 5.77. The molecule has 3 aromatic heterocycles. The fourth-order valence-corrected chi connectivity index (χ4v) is 6.33. The maximum atomic E-state index is 4.96. The molecule has 6 aromatic rings. The average molecular weight is 448 g/mol. The smallest absolute Gasteiger partial charge is 0.250 e. The molecule has 35 heavy (non-hydrogen) atoms. The van der Waals surface area contributed by atoms with E-state index in [4.69, 9.17) is 15.0 Å². The Morgan fingerprint density at radius 2 is 0.857 bits per heavy atom. The Labute approximate surface area is 203 Å². The average Bonchev–Trinajstić information content (AvgIpc) is 2.88. The quantitative estimate of drug-likeness (QED) is 0.333. The Morgan fingerprint density at radius 1 is 0.486 bits per heavy atom. The van der Waals surface area contributed by atoms with Gasteiger partial charge in [-0.2, -0.15) is 0 Å². The third kappa shape index (κ3) is 2.76. The summed E-state index contributed by atoms with van der Waals surface area (Å²) in [5, 5.41) is 3.52. The van der Waals surface area contributed by atoms with E-state index in [-0.39, 0.29) is 6.71 Å². The fraction of sp³-hybridized carbons (Fsp3) is 0.100. The van der Waals surface area contributed by atoms with Gasteiger partial charge in [0.05, 0.1) is 16.6 Å². The number of hydrogen-bond acceptors (Lipinski definition) is 4. The maximum Gasteiger partial charge on any atom is 0.250 e. The highest BCUT2D eigenvalue weighted by molar-refractivity contribution is 7.00. The number of fused-ring (bicyclic) bond motifs is 3. The van der Waals surface area contributed by atoms with E-state index in [2.05, 4.69) is 59.5 Å². The van der Waals surface area contributed by atoms with Crippen molar-refractivity contribution in [3.63, 3.8) is 0 Å². The highest BCUT2D eigenvalue weighted by atomic mass is 15.1. The maximum absolute atomic E-state index is 4.96. The van der Waals surface area contributed by atoms with Crippen molar-refractivity contribution in [2.45, 2.75) is 19.6 Å². The number of benzene rings is 3. The van der Waals surface area contributed by atoms with Gasteiger partial charge in [0.15, 0.2) is 0 Å². The summed E-state index contributed by atoms with van der Waals surface area (Å²) >= 11 is 0. The normalized spacial score (nSPS) is 14.9. The van der Waals surface area contributed by atoms with Gasteiger partial charge in [-0.25, -0.2) is 0 Å². The van der Waals surface area contributed by atoms with E-state index >= 15 is 0 Å². The molecule has 0 fully saturated rings. The summed E-state index contributed by atoms with van der Waals surface area (Å²) in [5.74, 6) is 0. The lowest BCUT2D eigenvalue weighted by molar-refractivity contribution is 0.248. The fourth-order valence-electron chi connectivity index (χ4n) is 6.33. The molecule has 3 aliphatic rings. The first-order valence-electron chi connectivity index (χ1n) is 12.2. The van der Waals surface area contributed by atoms with Gasteiger partial charge in [0, 0.05) is 38.2 Å². The minimum Gasteiger partial charge on any atom is -0.291 e. The summed E-state index contributed by atoms with van der Waals surface area (Å²) in [5.41, 5.74) is 11.2. The van der Waals surface area contributed by atoms with Gasteiger partial charge in [0.2, 0.25) is 0 Å². The number of pyridine rings is 3. The Balaban J connectivity index is 1.62. The first-order chi connectivity index (χ1) is 17.3. The van der Waals surface area contributed by atoms with E-state index in [0.717, 1.165) is 36.2 Å². The zero-order valence-corrected chi connectivity index (χ0v) is 19.1. The monoisotopic (exact) mass is 448 g/mol. The van der Waals surface area contributed by atoms with Crippen LogP contribution in [0.25, 0.3) is 32.7 Å². The lowest BCUT2D eigenvalue weighted by Crippen LogP contribution is -2.60. The zero-order valence-electron chi connectivity index (χ0n) is 19.1. The standard InChI is InChI=1S/C30H21BN4/c1-4-19-7-10-22-16-35-17-23-11-8-20-5-2-14-33-29(20)26(23)31(25(22)28(19)32-13-1)27-24(18-35)12-9-21-6-3-15-34-30(21)27/h1-15H,16-18H2. The number of rotatable bonds is 0. The van der Waals surface area contributed by atoms with Crippen LogP contribution in [0.1, 0.15) is 16.7 Å². The molecule has 0 N–H and O–H groups in total. The molecule has 4 nitrogen and oxygen atoms in total. The van der Waals surface area contributed by atoms with Crippen LogP contribution in [0.2, 0.25) is 0 Å². The van der Waals surface area contributed by atoms with Crippen molar-refractivity contribution in [3.05, 3.63) is 108 Å². The van der Waals surface area contributed by atoms with Crippen LogP contribution in [0.5, 0.6) is 0 Å². The molecule has 0 atom stereocenters. The van der Waals surface area contributed by atoms with Gasteiger partial charge >= 0.3 is 0 Å². The molecule has 0 unspecified atom stereocenters. The summed E-state index contributed by atoms with van der Waals surface area (Å²) in [4.78, 5) is 17.4. The molecule has 3 aliphatic heterocycles. The molecular formula is C30H21BN4. The molecule has 0 amide bonds. The lowest BCUT2D eigenvalue weighted by Gasteiger charge is -2.36. The highest BCUT2D eigenvalue weighted by Crippen LogP contribution is 2.27. The van der Waals surface area contributed by atoms with E-state index in [9.17, 15) is 0 Å². The Bertz CT molecular complexity index is 1600. The number of nitrogens with zero attached hydrogens (tertiary/aromatic N) is 4. The second-order valence-electron chi connectivity index (χ2n) is 9.72. The molecule has 0 radical (unpaired) electrons. The van der Waals surface area contributed by atoms with Crippen molar-refractivity contribution >= 4 is 55.8 Å². The molecule has 0 saturated carbocycles. The van der Waals surface area contributed by atoms with Crippen LogP contribution in [0.4, 0.5) is 0 Å². The zero-order chi connectivity index (χ0) is 22.9. The van der Waals surface area contributed by atoms with Gasteiger partial charge in [-0.3, -0.25) is 19.9 Å². The van der Waals surface area contributed by atoms with Crippen LogP contribution < -0.4 is 16.4 Å². The number of hydrogen-bond donors (Lipinski definition) is 0. The van der Waals surface area contributed by atoms with E-state index in [0.29, 0.717) is 0 Å². The van der Waals surface area contributed by atoms with Gasteiger partial charge in [-0.1, -0.05) is 54.6 Å². The predicted octanol–water partition coefficient (Wildman–Crippen LogP) is 3.68. The molecule has 9 rings (SSSR count). The van der Waals surface area contributed by atoms with Crippen molar-refractivity contribution < 1.29 is 0 Å². The molecule has 6 heterocycles. The third-order valence-corrected chi connectivity index (χ3v) is 7.76. The molecule has 5 heteroatoms. The highest BCUT2D eigenvalue weighted by Gasteiger charge is 2.38. The second kappa shape index (κ2) is 7.21. The minimum atomic E-state index is 0.00764. The Morgan fingerprint density at radius 3 is 1.23 bits per heavy atom. The molecule has 3 aromatic carbocycles. The van der Waals surface area contributed by atoms with Crippen LogP contribution in [0, 0.1) is 0 Å². The van der Waals surface area contributed by atoms with E-state index in [1.165, 1.54) is 49.2 Å². The van der Waals surface area contributed by atoms with E-state index in [1.807, 2.05) is 36.8 Å². The van der Waals surface area contributed by atoms with Crippen molar-refractivity contribution in [1.29, 1.82) is 0 Å². The molecule has 0 spiro atoms. The third-order valence-electron chi connectivity index (χ3n) is 7.76. The summed E-state index contributed by atoms with van der Waals surface area (Å²) in [6, 6.07) is 26.2. The minimum absolute atomic E-state index is 0.00764. The first kappa shape index (κ1) is 19.2. The lowest BCUT2D eigenvalue weighted by atomic mass is 9.33. The van der Waals surface area contributed by atoms with Gasteiger partial charge in [-0.15, -0.1) is 0 Å². The molecule has 164 valence electrons.